The van der Waals surface area contributed by atoms with E-state index in [1.54, 1.807) is 0 Å². The molecule has 2 aliphatic rings. The highest BCUT2D eigenvalue weighted by atomic mass is 16.1. The number of carbonyl (C=O) groups excluding carboxylic acids is 1. The molecule has 1 heterocycles. The van der Waals surface area contributed by atoms with Crippen molar-refractivity contribution in [2.75, 3.05) is 6.54 Å². The highest BCUT2D eigenvalue weighted by Crippen LogP contribution is 2.40. The molecule has 2 nitrogen and oxygen atoms in total. The molecule has 1 aliphatic heterocycles. The first-order valence-electron chi connectivity index (χ1n) is 7.42. The number of rotatable bonds is 1. The molecule has 0 aromatic carbocycles. The summed E-state index contributed by atoms with van der Waals surface area (Å²) in [5.74, 6) is 0.494. The normalized spacial score (nSPS) is 24.6. The fourth-order valence-electron chi connectivity index (χ4n) is 3.52. The first kappa shape index (κ1) is 14.7. The van der Waals surface area contributed by atoms with Gasteiger partial charge in [-0.15, -0.1) is 0 Å². The average Bonchev–Trinajstić information content (AvgIpc) is 2.32. The van der Waals surface area contributed by atoms with E-state index in [0.29, 0.717) is 11.8 Å². The standard InChI is InChI=1S/C13H23NO.C2H6/c1-11(2)14-9-6-12(15)10-13(14)7-4-3-5-8-13;1-2/h11H,3-10H2,1-2H3;1-2H3. The Morgan fingerprint density at radius 1 is 1.12 bits per heavy atom. The third-order valence-electron chi connectivity index (χ3n) is 4.17. The summed E-state index contributed by atoms with van der Waals surface area (Å²) in [5.41, 5.74) is 0.252. The lowest BCUT2D eigenvalue weighted by Gasteiger charge is -2.51. The summed E-state index contributed by atoms with van der Waals surface area (Å²) in [4.78, 5) is 14.3. The van der Waals surface area contributed by atoms with E-state index in [2.05, 4.69) is 18.7 Å². The van der Waals surface area contributed by atoms with Gasteiger partial charge in [-0.05, 0) is 26.7 Å². The molecule has 1 spiro atoms. The smallest absolute Gasteiger partial charge is 0.136 e. The van der Waals surface area contributed by atoms with E-state index >= 15 is 0 Å². The Labute approximate surface area is 107 Å². The minimum absolute atomic E-state index is 0.252. The molecule has 2 heteroatoms. The van der Waals surface area contributed by atoms with Crippen molar-refractivity contribution in [2.24, 2.45) is 0 Å². The first-order chi connectivity index (χ1) is 8.14. The van der Waals surface area contributed by atoms with Gasteiger partial charge < -0.3 is 0 Å². The van der Waals surface area contributed by atoms with Crippen LogP contribution in [-0.4, -0.2) is 28.8 Å². The molecule has 0 amide bonds. The van der Waals surface area contributed by atoms with E-state index in [1.165, 1.54) is 32.1 Å². The molecule has 1 aliphatic carbocycles. The largest absolute Gasteiger partial charge is 0.300 e. The molecule has 17 heavy (non-hydrogen) atoms. The fraction of sp³-hybridized carbons (Fsp3) is 0.933. The number of hydrogen-bond donors (Lipinski definition) is 0. The Morgan fingerprint density at radius 2 is 1.71 bits per heavy atom. The maximum Gasteiger partial charge on any atom is 0.136 e. The second-order valence-corrected chi connectivity index (χ2v) is 5.54. The molecule has 0 aromatic heterocycles. The van der Waals surface area contributed by atoms with Crippen LogP contribution >= 0.6 is 0 Å². The van der Waals surface area contributed by atoms with Gasteiger partial charge in [-0.2, -0.15) is 0 Å². The Kier molecular flexibility index (Phi) is 5.64. The molecule has 1 saturated carbocycles. The van der Waals surface area contributed by atoms with Crippen LogP contribution in [0.4, 0.5) is 0 Å². The summed E-state index contributed by atoms with van der Waals surface area (Å²) in [6.07, 6.45) is 8.09. The summed E-state index contributed by atoms with van der Waals surface area (Å²) in [5, 5.41) is 0. The number of nitrogens with zero attached hydrogens (tertiary/aromatic N) is 1. The van der Waals surface area contributed by atoms with Crippen molar-refractivity contribution in [1.29, 1.82) is 0 Å². The van der Waals surface area contributed by atoms with Crippen molar-refractivity contribution in [3.05, 3.63) is 0 Å². The summed E-state index contributed by atoms with van der Waals surface area (Å²) >= 11 is 0. The molecule has 0 radical (unpaired) electrons. The molecule has 0 bridgehead atoms. The summed E-state index contributed by atoms with van der Waals surface area (Å²) < 4.78 is 0. The lowest BCUT2D eigenvalue weighted by Crippen LogP contribution is -2.57. The SMILES string of the molecule is CC.CC(C)N1CCC(=O)CC12CCCCC2. The molecule has 2 rings (SSSR count). The van der Waals surface area contributed by atoms with E-state index < -0.39 is 0 Å². The quantitative estimate of drug-likeness (QED) is 0.694. The number of piperidine rings is 1. The van der Waals surface area contributed by atoms with Crippen molar-refractivity contribution in [1.82, 2.24) is 4.90 Å². The summed E-state index contributed by atoms with van der Waals surface area (Å²) in [6, 6.07) is 0.594. The van der Waals surface area contributed by atoms with Gasteiger partial charge >= 0.3 is 0 Å². The van der Waals surface area contributed by atoms with Crippen molar-refractivity contribution >= 4 is 5.78 Å². The zero-order valence-corrected chi connectivity index (χ0v) is 12.1. The number of ketones is 1. The molecule has 0 atom stereocenters. The Morgan fingerprint density at radius 3 is 2.24 bits per heavy atom. The zero-order valence-electron chi connectivity index (χ0n) is 12.1. The predicted octanol–water partition coefficient (Wildman–Crippen LogP) is 3.79. The molecule has 0 N–H and O–H groups in total. The van der Waals surface area contributed by atoms with Crippen LogP contribution in [0.25, 0.3) is 0 Å². The van der Waals surface area contributed by atoms with E-state index in [-0.39, 0.29) is 5.54 Å². The van der Waals surface area contributed by atoms with Gasteiger partial charge in [-0.25, -0.2) is 0 Å². The molecule has 0 unspecified atom stereocenters. The lowest BCUT2D eigenvalue weighted by molar-refractivity contribution is -0.129. The van der Waals surface area contributed by atoms with Crippen LogP contribution < -0.4 is 0 Å². The predicted molar refractivity (Wildman–Crippen MR) is 73.2 cm³/mol. The zero-order chi connectivity index (χ0) is 12.9. The van der Waals surface area contributed by atoms with Crippen LogP contribution in [0.1, 0.15) is 72.6 Å². The number of hydrogen-bond acceptors (Lipinski definition) is 2. The minimum Gasteiger partial charge on any atom is -0.300 e. The second kappa shape index (κ2) is 6.53. The second-order valence-electron chi connectivity index (χ2n) is 5.54. The van der Waals surface area contributed by atoms with Crippen molar-refractivity contribution in [3.63, 3.8) is 0 Å². The first-order valence-corrected chi connectivity index (χ1v) is 7.42. The number of carbonyl (C=O) groups is 1. The van der Waals surface area contributed by atoms with Crippen LogP contribution in [0.15, 0.2) is 0 Å². The average molecular weight is 239 g/mol. The van der Waals surface area contributed by atoms with Crippen molar-refractivity contribution in [2.45, 2.75) is 84.2 Å². The van der Waals surface area contributed by atoms with Crippen molar-refractivity contribution in [3.8, 4) is 0 Å². The third kappa shape index (κ3) is 3.31. The van der Waals surface area contributed by atoms with E-state index in [4.69, 9.17) is 0 Å². The molecule has 1 saturated heterocycles. The molecule has 0 aromatic rings. The Hall–Kier alpha value is -0.370. The van der Waals surface area contributed by atoms with Gasteiger partial charge in [0, 0.05) is 31.0 Å². The van der Waals surface area contributed by atoms with Gasteiger partial charge in [0.15, 0.2) is 0 Å². The van der Waals surface area contributed by atoms with Gasteiger partial charge in [0.25, 0.3) is 0 Å². The molecule has 2 fully saturated rings. The summed E-state index contributed by atoms with van der Waals surface area (Å²) in [6.45, 7) is 9.54. The maximum atomic E-state index is 11.7. The number of Topliss-reactive ketones (excluding diaryl/α,β-unsaturated/α-hetero) is 1. The van der Waals surface area contributed by atoms with Crippen LogP contribution in [0.5, 0.6) is 0 Å². The van der Waals surface area contributed by atoms with Crippen LogP contribution in [0.2, 0.25) is 0 Å². The van der Waals surface area contributed by atoms with Crippen LogP contribution in [-0.2, 0) is 4.79 Å². The minimum atomic E-state index is 0.252. The van der Waals surface area contributed by atoms with Gasteiger partial charge in [0.1, 0.15) is 5.78 Å². The van der Waals surface area contributed by atoms with Gasteiger partial charge in [-0.3, -0.25) is 9.69 Å². The Bertz CT molecular complexity index is 241. The van der Waals surface area contributed by atoms with E-state index in [0.717, 1.165) is 19.4 Å². The topological polar surface area (TPSA) is 20.3 Å². The molecular formula is C15H29NO. The number of likely N-dealkylation sites (tertiary alicyclic amines) is 1. The monoisotopic (exact) mass is 239 g/mol. The van der Waals surface area contributed by atoms with E-state index in [9.17, 15) is 4.79 Å². The highest BCUT2D eigenvalue weighted by Gasteiger charge is 2.43. The van der Waals surface area contributed by atoms with Crippen LogP contribution in [0, 0.1) is 0 Å². The molecular weight excluding hydrogens is 210 g/mol. The van der Waals surface area contributed by atoms with Crippen LogP contribution in [0.3, 0.4) is 0 Å². The fourth-order valence-corrected chi connectivity index (χ4v) is 3.52. The lowest BCUT2D eigenvalue weighted by atomic mass is 9.74. The summed E-state index contributed by atoms with van der Waals surface area (Å²) in [7, 11) is 0. The molecule has 100 valence electrons. The van der Waals surface area contributed by atoms with Crippen molar-refractivity contribution < 1.29 is 4.79 Å². The Balaban J connectivity index is 0.000000686. The maximum absolute atomic E-state index is 11.7. The van der Waals surface area contributed by atoms with Gasteiger partial charge in [0.05, 0.1) is 0 Å². The van der Waals surface area contributed by atoms with Gasteiger partial charge in [-0.1, -0.05) is 33.1 Å². The van der Waals surface area contributed by atoms with E-state index in [1.807, 2.05) is 13.8 Å². The highest BCUT2D eigenvalue weighted by molar-refractivity contribution is 5.80. The third-order valence-corrected chi connectivity index (χ3v) is 4.17. The van der Waals surface area contributed by atoms with Gasteiger partial charge in [0.2, 0.25) is 0 Å².